The predicted molar refractivity (Wildman–Crippen MR) is 93.5 cm³/mol. The molecule has 1 aliphatic rings. The van der Waals surface area contributed by atoms with Gasteiger partial charge in [0.25, 0.3) is 0 Å². The molecule has 24 heavy (non-hydrogen) atoms. The van der Waals surface area contributed by atoms with Gasteiger partial charge in [-0.05, 0) is 42.9 Å². The van der Waals surface area contributed by atoms with E-state index in [9.17, 15) is 18.3 Å². The number of nitrogens with one attached hydrogen (secondary N) is 1. The summed E-state index contributed by atoms with van der Waals surface area (Å²) in [5.74, 6) is 0.222. The van der Waals surface area contributed by atoms with Crippen LogP contribution in [0.15, 0.2) is 29.2 Å². The first-order valence-corrected chi connectivity index (χ1v) is 10.5. The molecule has 0 radical (unpaired) electrons. The Labute approximate surface area is 144 Å². The zero-order chi connectivity index (χ0) is 17.6. The molecule has 1 atom stereocenters. The Morgan fingerprint density at radius 3 is 2.42 bits per heavy atom. The van der Waals surface area contributed by atoms with Gasteiger partial charge in [-0.25, -0.2) is 8.42 Å². The highest BCUT2D eigenvalue weighted by molar-refractivity contribution is 7.90. The van der Waals surface area contributed by atoms with Gasteiger partial charge in [-0.1, -0.05) is 31.4 Å². The molecule has 1 aliphatic carbocycles. The summed E-state index contributed by atoms with van der Waals surface area (Å²) in [7, 11) is -3.19. The number of aliphatic hydroxyl groups excluding tert-OH is 1. The summed E-state index contributed by atoms with van der Waals surface area (Å²) in [5.41, 5.74) is 0.922. The van der Waals surface area contributed by atoms with E-state index in [1.807, 2.05) is 0 Å². The fraction of sp³-hybridized carbons (Fsp3) is 0.611. The number of amides is 1. The molecule has 0 aromatic heterocycles. The SMILES string of the molecule is CS(=O)(=O)c1ccc(CCC(=O)NC[C@H](O)C2CCCCC2)cc1. The maximum atomic E-state index is 11.9. The average Bonchev–Trinajstić information content (AvgIpc) is 2.58. The number of aliphatic hydroxyl groups is 1. The molecular weight excluding hydrogens is 326 g/mol. The third-order valence-corrected chi connectivity index (χ3v) is 5.82. The highest BCUT2D eigenvalue weighted by Gasteiger charge is 2.21. The number of sulfone groups is 1. The van der Waals surface area contributed by atoms with Crippen LogP contribution in [0.2, 0.25) is 0 Å². The van der Waals surface area contributed by atoms with Crippen LogP contribution in [0.3, 0.4) is 0 Å². The van der Waals surface area contributed by atoms with Crippen molar-refractivity contribution in [2.24, 2.45) is 5.92 Å². The summed E-state index contributed by atoms with van der Waals surface area (Å²) >= 11 is 0. The van der Waals surface area contributed by atoms with Crippen LogP contribution in [0.25, 0.3) is 0 Å². The molecule has 0 spiro atoms. The van der Waals surface area contributed by atoms with Gasteiger partial charge >= 0.3 is 0 Å². The number of hydrogen-bond donors (Lipinski definition) is 2. The summed E-state index contributed by atoms with van der Waals surface area (Å²) in [6.07, 6.45) is 7.26. The Morgan fingerprint density at radius 1 is 1.21 bits per heavy atom. The summed E-state index contributed by atoms with van der Waals surface area (Å²) in [6.45, 7) is 0.316. The van der Waals surface area contributed by atoms with Gasteiger partial charge in [0.2, 0.25) is 5.91 Å². The quantitative estimate of drug-likeness (QED) is 0.786. The monoisotopic (exact) mass is 353 g/mol. The number of carbonyl (C=O) groups is 1. The van der Waals surface area contributed by atoms with Crippen LogP contribution in [-0.2, 0) is 21.1 Å². The van der Waals surface area contributed by atoms with Gasteiger partial charge in [0.05, 0.1) is 11.0 Å². The van der Waals surface area contributed by atoms with E-state index in [2.05, 4.69) is 5.32 Å². The average molecular weight is 353 g/mol. The van der Waals surface area contributed by atoms with Crippen LogP contribution >= 0.6 is 0 Å². The lowest BCUT2D eigenvalue weighted by atomic mass is 9.85. The van der Waals surface area contributed by atoms with Crippen molar-refractivity contribution in [3.05, 3.63) is 29.8 Å². The maximum Gasteiger partial charge on any atom is 0.220 e. The Bertz CT molecular complexity index is 633. The summed E-state index contributed by atoms with van der Waals surface area (Å²) < 4.78 is 22.8. The van der Waals surface area contributed by atoms with Gasteiger partial charge in [-0.2, -0.15) is 0 Å². The lowest BCUT2D eigenvalue weighted by Crippen LogP contribution is -2.37. The predicted octanol–water partition coefficient (Wildman–Crippen LogP) is 2.08. The Balaban J connectivity index is 1.72. The van der Waals surface area contributed by atoms with E-state index in [0.29, 0.717) is 25.3 Å². The zero-order valence-electron chi connectivity index (χ0n) is 14.2. The highest BCUT2D eigenvalue weighted by Crippen LogP contribution is 2.26. The number of benzene rings is 1. The molecule has 1 amide bonds. The minimum atomic E-state index is -3.19. The lowest BCUT2D eigenvalue weighted by Gasteiger charge is -2.26. The Morgan fingerprint density at radius 2 is 1.83 bits per heavy atom. The standard InChI is InChI=1S/C18H27NO4S/c1-24(22,23)16-10-7-14(8-11-16)9-12-18(21)19-13-17(20)15-5-3-2-4-6-15/h7-8,10-11,15,17,20H,2-6,9,12-13H2,1H3,(H,19,21)/t17-/m0/s1. The third kappa shape index (κ3) is 5.91. The van der Waals surface area contributed by atoms with E-state index in [-0.39, 0.29) is 10.8 Å². The smallest absolute Gasteiger partial charge is 0.220 e. The molecule has 0 unspecified atom stereocenters. The van der Waals surface area contributed by atoms with Crippen molar-refractivity contribution in [1.29, 1.82) is 0 Å². The second kappa shape index (κ2) is 8.62. The minimum absolute atomic E-state index is 0.0861. The summed E-state index contributed by atoms with van der Waals surface area (Å²) in [6, 6.07) is 6.60. The van der Waals surface area contributed by atoms with Crippen LogP contribution < -0.4 is 5.32 Å². The van der Waals surface area contributed by atoms with Crippen molar-refractivity contribution >= 4 is 15.7 Å². The summed E-state index contributed by atoms with van der Waals surface area (Å²) in [4.78, 5) is 12.2. The van der Waals surface area contributed by atoms with Gasteiger partial charge in [0, 0.05) is 19.2 Å². The molecule has 0 heterocycles. The van der Waals surface area contributed by atoms with E-state index in [0.717, 1.165) is 18.4 Å². The molecule has 1 aromatic carbocycles. The zero-order valence-corrected chi connectivity index (χ0v) is 15.0. The van der Waals surface area contributed by atoms with Crippen LogP contribution in [-0.4, -0.2) is 38.3 Å². The summed E-state index contributed by atoms with van der Waals surface area (Å²) in [5, 5.41) is 12.9. The fourth-order valence-electron chi connectivity index (χ4n) is 3.15. The van der Waals surface area contributed by atoms with Crippen molar-refractivity contribution in [3.8, 4) is 0 Å². The molecule has 134 valence electrons. The first-order chi connectivity index (χ1) is 11.4. The molecule has 5 nitrogen and oxygen atoms in total. The second-order valence-electron chi connectivity index (χ2n) is 6.69. The molecule has 0 aliphatic heterocycles. The number of rotatable bonds is 7. The second-order valence-corrected chi connectivity index (χ2v) is 8.70. The first-order valence-electron chi connectivity index (χ1n) is 8.60. The van der Waals surface area contributed by atoms with Gasteiger partial charge in [-0.3, -0.25) is 4.79 Å². The molecular formula is C18H27NO4S. The number of carbonyl (C=O) groups excluding carboxylic acids is 1. The van der Waals surface area contributed by atoms with E-state index < -0.39 is 15.9 Å². The molecule has 1 fully saturated rings. The maximum absolute atomic E-state index is 11.9. The molecule has 0 saturated heterocycles. The van der Waals surface area contributed by atoms with Crippen molar-refractivity contribution < 1.29 is 18.3 Å². The van der Waals surface area contributed by atoms with Crippen molar-refractivity contribution in [2.45, 2.75) is 55.9 Å². The first kappa shape index (κ1) is 18.9. The van der Waals surface area contributed by atoms with E-state index >= 15 is 0 Å². The van der Waals surface area contributed by atoms with E-state index in [1.54, 1.807) is 24.3 Å². The van der Waals surface area contributed by atoms with Crippen LogP contribution in [0.4, 0.5) is 0 Å². The van der Waals surface area contributed by atoms with Crippen molar-refractivity contribution in [1.82, 2.24) is 5.32 Å². The third-order valence-electron chi connectivity index (χ3n) is 4.69. The normalized spacial score (nSPS) is 17.4. The fourth-order valence-corrected chi connectivity index (χ4v) is 3.78. The van der Waals surface area contributed by atoms with E-state index in [1.165, 1.54) is 25.5 Å². The number of aryl methyl sites for hydroxylation is 1. The number of hydrogen-bond acceptors (Lipinski definition) is 4. The van der Waals surface area contributed by atoms with Crippen molar-refractivity contribution in [2.75, 3.05) is 12.8 Å². The van der Waals surface area contributed by atoms with Crippen LogP contribution in [0.1, 0.15) is 44.1 Å². The van der Waals surface area contributed by atoms with Crippen LogP contribution in [0, 0.1) is 5.92 Å². The Hall–Kier alpha value is -1.40. The van der Waals surface area contributed by atoms with Gasteiger partial charge < -0.3 is 10.4 Å². The minimum Gasteiger partial charge on any atom is -0.391 e. The molecule has 1 saturated carbocycles. The molecule has 6 heteroatoms. The van der Waals surface area contributed by atoms with Gasteiger partial charge in [0.1, 0.15) is 0 Å². The van der Waals surface area contributed by atoms with E-state index in [4.69, 9.17) is 0 Å². The van der Waals surface area contributed by atoms with Crippen molar-refractivity contribution in [3.63, 3.8) is 0 Å². The molecule has 1 aromatic rings. The largest absolute Gasteiger partial charge is 0.391 e. The molecule has 2 rings (SSSR count). The van der Waals surface area contributed by atoms with Gasteiger partial charge in [-0.15, -0.1) is 0 Å². The highest BCUT2D eigenvalue weighted by atomic mass is 32.2. The van der Waals surface area contributed by atoms with Crippen LogP contribution in [0.5, 0.6) is 0 Å². The Kier molecular flexibility index (Phi) is 6.80. The topological polar surface area (TPSA) is 83.5 Å². The van der Waals surface area contributed by atoms with Gasteiger partial charge in [0.15, 0.2) is 9.84 Å². The molecule has 0 bridgehead atoms. The lowest BCUT2D eigenvalue weighted by molar-refractivity contribution is -0.121. The molecule has 2 N–H and O–H groups in total.